The molecule has 246 valence electrons. The van der Waals surface area contributed by atoms with Crippen molar-refractivity contribution in [2.45, 2.75) is 25.2 Å². The van der Waals surface area contributed by atoms with Gasteiger partial charge in [-0.3, -0.25) is 0 Å². The number of allylic oxidation sites excluding steroid dienone is 3. The highest BCUT2D eigenvalue weighted by Gasteiger charge is 2.53. The van der Waals surface area contributed by atoms with Crippen LogP contribution in [0.3, 0.4) is 0 Å². The van der Waals surface area contributed by atoms with E-state index in [-0.39, 0.29) is 0 Å². The third kappa shape index (κ3) is 3.90. The number of anilines is 1. The predicted octanol–water partition coefficient (Wildman–Crippen LogP) is 12.8. The first-order valence-electron chi connectivity index (χ1n) is 18.4. The fourth-order valence-electron chi connectivity index (χ4n) is 9.63. The van der Waals surface area contributed by atoms with Crippen LogP contribution >= 0.6 is 0 Å². The van der Waals surface area contributed by atoms with Crippen LogP contribution in [0, 0.1) is 0 Å². The number of benzene rings is 7. The summed E-state index contributed by atoms with van der Waals surface area (Å²) in [6.07, 6.45) is 6.87. The fourth-order valence-corrected chi connectivity index (χ4v) is 9.63. The minimum atomic E-state index is -0.503. The van der Waals surface area contributed by atoms with E-state index < -0.39 is 5.41 Å². The fraction of sp³-hybridized carbons (Fsp3) is 0.0800. The van der Waals surface area contributed by atoms with Crippen LogP contribution in [0.4, 0.5) is 5.69 Å². The van der Waals surface area contributed by atoms with Gasteiger partial charge in [0.2, 0.25) is 0 Å². The van der Waals surface area contributed by atoms with Crippen LogP contribution in [0.2, 0.25) is 0 Å². The number of aromatic nitrogens is 1. The Labute approximate surface area is 304 Å². The Morgan fingerprint density at radius 2 is 1.19 bits per heavy atom. The van der Waals surface area contributed by atoms with Crippen LogP contribution in [0.1, 0.15) is 42.0 Å². The molecular formula is C50H36N2. The molecule has 7 aromatic carbocycles. The van der Waals surface area contributed by atoms with Crippen molar-refractivity contribution in [2.24, 2.45) is 0 Å². The monoisotopic (exact) mass is 664 g/mol. The smallest absolute Gasteiger partial charge is 0.0747 e. The standard InChI is InChI=1S/C50H36N2/c1-32-14-5-11-23-44(32)51-45-24-13-22-43-47(45)40-19-7-10-21-42(40)50(43)41-20-9-6-17-36(41)38-30-31-39-37-18-8-12-25-46(37)52(49(39)48(38)50)35-28-26-34(27-29-35)33-15-3-2-4-16-33/h2-4,6-10,12-31,51H,5,11H2,1H3. The van der Waals surface area contributed by atoms with Crippen molar-refractivity contribution in [3.63, 3.8) is 0 Å². The number of nitrogens with zero attached hydrogens (tertiary/aromatic N) is 1. The van der Waals surface area contributed by atoms with Gasteiger partial charge in [0.1, 0.15) is 0 Å². The van der Waals surface area contributed by atoms with Crippen molar-refractivity contribution < 1.29 is 0 Å². The molecule has 1 unspecified atom stereocenters. The Balaban J connectivity index is 1.25. The third-order valence-electron chi connectivity index (χ3n) is 11.8. The molecule has 0 amide bonds. The zero-order valence-corrected chi connectivity index (χ0v) is 29.0. The van der Waals surface area contributed by atoms with Gasteiger partial charge in [0.25, 0.3) is 0 Å². The second kappa shape index (κ2) is 11.1. The molecule has 1 atom stereocenters. The molecule has 1 aromatic heterocycles. The average molecular weight is 665 g/mol. The Morgan fingerprint density at radius 3 is 2.02 bits per heavy atom. The van der Waals surface area contributed by atoms with E-state index in [0.717, 1.165) is 18.5 Å². The summed E-state index contributed by atoms with van der Waals surface area (Å²) in [6.45, 7) is 2.22. The summed E-state index contributed by atoms with van der Waals surface area (Å²) in [5.74, 6) is 0. The second-order valence-corrected chi connectivity index (χ2v) is 14.4. The van der Waals surface area contributed by atoms with Crippen LogP contribution in [0.25, 0.3) is 60.9 Å². The topological polar surface area (TPSA) is 17.0 Å². The lowest BCUT2D eigenvalue weighted by Crippen LogP contribution is -2.26. The van der Waals surface area contributed by atoms with Gasteiger partial charge in [-0.2, -0.15) is 0 Å². The van der Waals surface area contributed by atoms with E-state index >= 15 is 0 Å². The molecule has 0 saturated heterocycles. The second-order valence-electron chi connectivity index (χ2n) is 14.4. The summed E-state index contributed by atoms with van der Waals surface area (Å²) in [4.78, 5) is 0. The van der Waals surface area contributed by atoms with Crippen LogP contribution in [0.15, 0.2) is 181 Å². The number of fused-ring (bicyclic) bond motifs is 14. The maximum absolute atomic E-state index is 3.93. The molecule has 3 aliphatic carbocycles. The zero-order valence-electron chi connectivity index (χ0n) is 29.0. The van der Waals surface area contributed by atoms with E-state index in [0.29, 0.717) is 0 Å². The number of rotatable bonds is 4. The summed E-state index contributed by atoms with van der Waals surface area (Å²) in [7, 11) is 0. The first kappa shape index (κ1) is 29.4. The molecule has 2 heteroatoms. The zero-order chi connectivity index (χ0) is 34.4. The van der Waals surface area contributed by atoms with Gasteiger partial charge in [0.15, 0.2) is 0 Å². The van der Waals surface area contributed by atoms with Crippen LogP contribution in [-0.2, 0) is 5.41 Å². The molecule has 0 fully saturated rings. The van der Waals surface area contributed by atoms with E-state index in [9.17, 15) is 0 Å². The Hall–Kier alpha value is -6.38. The molecule has 0 bridgehead atoms. The van der Waals surface area contributed by atoms with Crippen LogP contribution in [0.5, 0.6) is 0 Å². The van der Waals surface area contributed by atoms with E-state index in [2.05, 4.69) is 187 Å². The molecule has 0 aliphatic heterocycles. The van der Waals surface area contributed by atoms with E-state index in [1.54, 1.807) is 0 Å². The van der Waals surface area contributed by atoms with Crippen molar-refractivity contribution in [3.05, 3.63) is 203 Å². The van der Waals surface area contributed by atoms with Gasteiger partial charge in [0.05, 0.1) is 16.4 Å². The quantitative estimate of drug-likeness (QED) is 0.198. The lowest BCUT2D eigenvalue weighted by Gasteiger charge is -2.31. The Morgan fingerprint density at radius 1 is 0.519 bits per heavy atom. The largest absolute Gasteiger partial charge is 0.355 e. The Kier molecular flexibility index (Phi) is 6.24. The lowest BCUT2D eigenvalue weighted by molar-refractivity contribution is 0.797. The summed E-state index contributed by atoms with van der Waals surface area (Å²) in [6, 6.07) is 58.7. The Bertz CT molecular complexity index is 2810. The molecule has 1 heterocycles. The van der Waals surface area contributed by atoms with Crippen molar-refractivity contribution >= 4 is 27.5 Å². The maximum Gasteiger partial charge on any atom is 0.0747 e. The molecule has 3 aliphatic rings. The summed E-state index contributed by atoms with van der Waals surface area (Å²) in [5.41, 5.74) is 19.9. The number of nitrogens with one attached hydrogen (secondary N) is 1. The minimum Gasteiger partial charge on any atom is -0.355 e. The molecule has 0 radical (unpaired) electrons. The number of hydrogen-bond acceptors (Lipinski definition) is 1. The van der Waals surface area contributed by atoms with Gasteiger partial charge in [-0.05, 0) is 94.1 Å². The molecule has 8 aromatic rings. The van der Waals surface area contributed by atoms with Gasteiger partial charge in [0, 0.05) is 39.0 Å². The van der Waals surface area contributed by atoms with E-state index in [1.807, 2.05) is 0 Å². The lowest BCUT2D eigenvalue weighted by atomic mass is 9.70. The normalized spacial score (nSPS) is 16.7. The highest BCUT2D eigenvalue weighted by Crippen LogP contribution is 2.65. The van der Waals surface area contributed by atoms with Crippen molar-refractivity contribution in [1.82, 2.24) is 4.57 Å². The molecule has 1 N–H and O–H groups in total. The molecule has 2 nitrogen and oxygen atoms in total. The van der Waals surface area contributed by atoms with E-state index in [1.165, 1.54) is 94.4 Å². The van der Waals surface area contributed by atoms with Gasteiger partial charge < -0.3 is 9.88 Å². The SMILES string of the molecule is CC1=CCCC=C1Nc1cccc2c1-c1ccccc1C21c2ccccc2-c2ccc3c4ccccc4n(-c4ccc(-c5ccccc5)cc4)c3c21. The van der Waals surface area contributed by atoms with Crippen LogP contribution in [-0.4, -0.2) is 4.57 Å². The number of para-hydroxylation sites is 1. The molecule has 11 rings (SSSR count). The van der Waals surface area contributed by atoms with Gasteiger partial charge >= 0.3 is 0 Å². The van der Waals surface area contributed by atoms with E-state index in [4.69, 9.17) is 0 Å². The van der Waals surface area contributed by atoms with Gasteiger partial charge in [-0.15, -0.1) is 0 Å². The molecule has 0 saturated carbocycles. The summed E-state index contributed by atoms with van der Waals surface area (Å²) >= 11 is 0. The highest BCUT2D eigenvalue weighted by molar-refractivity contribution is 6.15. The average Bonchev–Trinajstić information content (AvgIpc) is 3.81. The summed E-state index contributed by atoms with van der Waals surface area (Å²) in [5, 5.41) is 6.48. The first-order chi connectivity index (χ1) is 25.7. The maximum atomic E-state index is 3.93. The van der Waals surface area contributed by atoms with Gasteiger partial charge in [-0.25, -0.2) is 0 Å². The predicted molar refractivity (Wildman–Crippen MR) is 217 cm³/mol. The molecular weight excluding hydrogens is 629 g/mol. The third-order valence-corrected chi connectivity index (χ3v) is 11.8. The molecule has 1 spiro atoms. The number of hydrogen-bond donors (Lipinski definition) is 1. The minimum absolute atomic E-state index is 0.503. The molecule has 52 heavy (non-hydrogen) atoms. The summed E-state index contributed by atoms with van der Waals surface area (Å²) < 4.78 is 2.54. The first-order valence-corrected chi connectivity index (χ1v) is 18.4. The van der Waals surface area contributed by atoms with Crippen molar-refractivity contribution in [1.29, 1.82) is 0 Å². The highest BCUT2D eigenvalue weighted by atomic mass is 15.0. The van der Waals surface area contributed by atoms with Crippen molar-refractivity contribution in [2.75, 3.05) is 5.32 Å². The van der Waals surface area contributed by atoms with Crippen LogP contribution < -0.4 is 5.32 Å². The van der Waals surface area contributed by atoms with Crippen molar-refractivity contribution in [3.8, 4) is 39.1 Å². The van der Waals surface area contributed by atoms with Gasteiger partial charge in [-0.1, -0.05) is 146 Å².